The molecule has 1 fully saturated rings. The summed E-state index contributed by atoms with van der Waals surface area (Å²) < 4.78 is 81.4. The quantitative estimate of drug-likeness (QED) is 0.615. The highest BCUT2D eigenvalue weighted by Gasteiger charge is 2.50. The molecule has 2 aromatic carbocycles. The summed E-state index contributed by atoms with van der Waals surface area (Å²) in [6.07, 6.45) is 0.679. The van der Waals surface area contributed by atoms with Gasteiger partial charge in [0.15, 0.2) is 9.84 Å². The molecule has 0 bridgehead atoms. The van der Waals surface area contributed by atoms with Gasteiger partial charge < -0.3 is 0 Å². The molecule has 5 nitrogen and oxygen atoms in total. The third-order valence-electron chi connectivity index (χ3n) is 5.67. The Kier molecular flexibility index (Phi) is 7.10. The molecule has 0 amide bonds. The summed E-state index contributed by atoms with van der Waals surface area (Å²) in [6, 6.07) is 7.83. The Morgan fingerprint density at radius 1 is 1.03 bits per heavy atom. The van der Waals surface area contributed by atoms with Gasteiger partial charge in [0.25, 0.3) is 0 Å². The summed E-state index contributed by atoms with van der Waals surface area (Å²) in [5, 5.41) is 0.346. The van der Waals surface area contributed by atoms with Crippen LogP contribution in [0.1, 0.15) is 44.6 Å². The monoisotopic (exact) mass is 491 g/mol. The number of sulfone groups is 1. The zero-order chi connectivity index (χ0) is 22.9. The third kappa shape index (κ3) is 4.94. The van der Waals surface area contributed by atoms with Crippen molar-refractivity contribution in [2.45, 2.75) is 54.7 Å². The van der Waals surface area contributed by atoms with Crippen LogP contribution in [0, 0.1) is 11.6 Å². The predicted octanol–water partition coefficient (Wildman–Crippen LogP) is 4.56. The molecule has 2 aromatic rings. The lowest BCUT2D eigenvalue weighted by atomic mass is 9.80. The molecule has 0 aromatic heterocycles. The van der Waals surface area contributed by atoms with Crippen LogP contribution in [0.2, 0.25) is 5.02 Å². The van der Waals surface area contributed by atoms with E-state index < -0.39 is 42.3 Å². The minimum atomic E-state index is -4.15. The van der Waals surface area contributed by atoms with Crippen LogP contribution in [-0.4, -0.2) is 28.6 Å². The molecule has 0 spiro atoms. The molecule has 0 aliphatic heterocycles. The molecule has 1 aliphatic rings. The first-order chi connectivity index (χ1) is 14.5. The van der Waals surface area contributed by atoms with Crippen LogP contribution < -0.4 is 4.72 Å². The highest BCUT2D eigenvalue weighted by molar-refractivity contribution is 7.92. The topological polar surface area (TPSA) is 80.3 Å². The van der Waals surface area contributed by atoms with Gasteiger partial charge in [-0.05, 0) is 74.6 Å². The largest absolute Gasteiger partial charge is 0.223 e. The molecular formula is C21H24ClF2NO4S2. The molecule has 10 heteroatoms. The van der Waals surface area contributed by atoms with Gasteiger partial charge in [-0.1, -0.05) is 18.5 Å². The van der Waals surface area contributed by atoms with Crippen molar-refractivity contribution in [3.8, 4) is 0 Å². The summed E-state index contributed by atoms with van der Waals surface area (Å²) in [6.45, 7) is 1.75. The van der Waals surface area contributed by atoms with Crippen LogP contribution in [0.4, 0.5) is 8.78 Å². The van der Waals surface area contributed by atoms with Crippen LogP contribution in [0.25, 0.3) is 0 Å². The van der Waals surface area contributed by atoms with Crippen molar-refractivity contribution >= 4 is 31.5 Å². The zero-order valence-electron chi connectivity index (χ0n) is 16.9. The summed E-state index contributed by atoms with van der Waals surface area (Å²) in [4.78, 5) is -0.0504. The van der Waals surface area contributed by atoms with Crippen molar-refractivity contribution in [3.05, 3.63) is 64.7 Å². The average Bonchev–Trinajstić information content (AvgIpc) is 2.70. The second-order valence-electron chi connectivity index (χ2n) is 7.79. The highest BCUT2D eigenvalue weighted by Crippen LogP contribution is 2.48. The summed E-state index contributed by atoms with van der Waals surface area (Å²) >= 11 is 5.88. The Bertz CT molecular complexity index is 1140. The van der Waals surface area contributed by atoms with E-state index in [1.807, 2.05) is 0 Å². The molecular weight excluding hydrogens is 468 g/mol. The molecule has 0 atom stereocenters. The van der Waals surface area contributed by atoms with Gasteiger partial charge in [0.2, 0.25) is 10.0 Å². The predicted molar refractivity (Wildman–Crippen MR) is 116 cm³/mol. The first kappa shape index (κ1) is 24.1. The van der Waals surface area contributed by atoms with Crippen molar-refractivity contribution in [1.82, 2.24) is 4.72 Å². The van der Waals surface area contributed by atoms with E-state index in [0.29, 0.717) is 11.4 Å². The van der Waals surface area contributed by atoms with E-state index in [9.17, 15) is 25.6 Å². The molecule has 1 aliphatic carbocycles. The Morgan fingerprint density at radius 3 is 2.23 bits per heavy atom. The number of halogens is 3. The fraction of sp³-hybridized carbons (Fsp3) is 0.429. The smallest absolute Gasteiger partial charge is 0.211 e. The maximum Gasteiger partial charge on any atom is 0.211 e. The van der Waals surface area contributed by atoms with E-state index in [1.54, 1.807) is 6.92 Å². The summed E-state index contributed by atoms with van der Waals surface area (Å²) in [7, 11) is -7.64. The normalized spacial score (nSPS) is 22.4. The molecule has 0 heterocycles. The van der Waals surface area contributed by atoms with E-state index in [0.717, 1.165) is 18.2 Å². The summed E-state index contributed by atoms with van der Waals surface area (Å²) in [5.74, 6) is -1.59. The van der Waals surface area contributed by atoms with Gasteiger partial charge in [-0.3, -0.25) is 0 Å². The minimum absolute atomic E-state index is 0.0315. The van der Waals surface area contributed by atoms with Gasteiger partial charge in [0, 0.05) is 16.6 Å². The Labute approximate surface area is 186 Å². The van der Waals surface area contributed by atoms with Crippen molar-refractivity contribution in [2.24, 2.45) is 0 Å². The molecule has 0 saturated heterocycles. The minimum Gasteiger partial charge on any atom is -0.223 e. The van der Waals surface area contributed by atoms with Crippen molar-refractivity contribution in [1.29, 1.82) is 0 Å². The fourth-order valence-corrected chi connectivity index (χ4v) is 7.84. The second kappa shape index (κ2) is 9.13. The van der Waals surface area contributed by atoms with Crippen LogP contribution in [-0.2, 0) is 24.6 Å². The number of hydrogen-bond acceptors (Lipinski definition) is 4. The van der Waals surface area contributed by atoms with Gasteiger partial charge >= 0.3 is 0 Å². The molecule has 1 N–H and O–H groups in total. The molecule has 3 rings (SSSR count). The van der Waals surface area contributed by atoms with Crippen molar-refractivity contribution < 1.29 is 25.6 Å². The Balaban J connectivity index is 2.04. The Hall–Kier alpha value is -1.55. The van der Waals surface area contributed by atoms with Crippen LogP contribution in [0.3, 0.4) is 0 Å². The molecule has 0 unspecified atom stereocenters. The van der Waals surface area contributed by atoms with E-state index in [4.69, 9.17) is 11.6 Å². The first-order valence-electron chi connectivity index (χ1n) is 9.96. The van der Waals surface area contributed by atoms with E-state index in [1.165, 1.54) is 24.3 Å². The number of nitrogens with one attached hydrogen (secondary N) is 1. The van der Waals surface area contributed by atoms with Gasteiger partial charge in [-0.2, -0.15) is 0 Å². The lowest BCUT2D eigenvalue weighted by Crippen LogP contribution is -2.46. The lowest BCUT2D eigenvalue weighted by molar-refractivity contribution is 0.324. The van der Waals surface area contributed by atoms with Gasteiger partial charge in [0.1, 0.15) is 16.4 Å². The zero-order valence-corrected chi connectivity index (χ0v) is 19.3. The van der Waals surface area contributed by atoms with Crippen LogP contribution in [0.5, 0.6) is 0 Å². The molecule has 31 heavy (non-hydrogen) atoms. The number of hydrogen-bond donors (Lipinski definition) is 1. The van der Waals surface area contributed by atoms with E-state index in [2.05, 4.69) is 4.72 Å². The SMILES string of the molecule is CCCS(=O)(=O)NC1CCC(c2cc(F)ccc2F)(S(=O)(=O)c2ccc(Cl)cc2)CC1. The molecule has 0 radical (unpaired) electrons. The van der Waals surface area contributed by atoms with Gasteiger partial charge in [0.05, 0.1) is 10.6 Å². The number of sulfonamides is 1. The Morgan fingerprint density at radius 2 is 1.65 bits per heavy atom. The summed E-state index contributed by atoms with van der Waals surface area (Å²) in [5.41, 5.74) is -0.239. The van der Waals surface area contributed by atoms with Crippen LogP contribution >= 0.6 is 11.6 Å². The first-order valence-corrected chi connectivity index (χ1v) is 13.5. The highest BCUT2D eigenvalue weighted by atomic mass is 35.5. The van der Waals surface area contributed by atoms with Crippen molar-refractivity contribution in [3.63, 3.8) is 0 Å². The van der Waals surface area contributed by atoms with Gasteiger partial charge in [-0.25, -0.2) is 30.3 Å². The standard InChI is InChI=1S/C21H24ClF2NO4S2/c1-2-13-30(26,27)25-17-9-11-21(12-10-17,19-14-16(23)5-8-20(19)24)31(28,29)18-6-3-15(22)4-7-18/h3-8,14,17,25H,2,9-13H2,1H3. The maximum absolute atomic E-state index is 14.8. The van der Waals surface area contributed by atoms with E-state index in [-0.39, 0.29) is 41.9 Å². The molecule has 170 valence electrons. The average molecular weight is 492 g/mol. The maximum atomic E-state index is 14.8. The van der Waals surface area contributed by atoms with Gasteiger partial charge in [-0.15, -0.1) is 0 Å². The fourth-order valence-electron chi connectivity index (χ4n) is 4.15. The number of benzene rings is 2. The molecule has 1 saturated carbocycles. The van der Waals surface area contributed by atoms with Crippen LogP contribution in [0.15, 0.2) is 47.4 Å². The lowest BCUT2D eigenvalue weighted by Gasteiger charge is -2.40. The van der Waals surface area contributed by atoms with E-state index >= 15 is 0 Å². The van der Waals surface area contributed by atoms with Crippen molar-refractivity contribution in [2.75, 3.05) is 5.75 Å². The second-order valence-corrected chi connectivity index (χ2v) is 12.4. The number of rotatable bonds is 7. The third-order valence-corrected chi connectivity index (χ3v) is 10.1.